The van der Waals surface area contributed by atoms with E-state index in [9.17, 15) is 18.0 Å². The zero-order chi connectivity index (χ0) is 30.0. The van der Waals surface area contributed by atoms with Crippen molar-refractivity contribution in [3.05, 3.63) is 101 Å². The second kappa shape index (κ2) is 14.8. The summed E-state index contributed by atoms with van der Waals surface area (Å²) in [6.45, 7) is 8.89. The van der Waals surface area contributed by atoms with Gasteiger partial charge in [0.2, 0.25) is 21.8 Å². The molecule has 3 aromatic rings. The van der Waals surface area contributed by atoms with Gasteiger partial charge in [-0.05, 0) is 73.6 Å². The minimum absolute atomic E-state index is 0.106. The molecule has 2 amide bonds. The van der Waals surface area contributed by atoms with Crippen molar-refractivity contribution in [3.8, 4) is 0 Å². The van der Waals surface area contributed by atoms with Crippen LogP contribution in [0.5, 0.6) is 0 Å². The van der Waals surface area contributed by atoms with Crippen molar-refractivity contribution in [3.63, 3.8) is 0 Å². The Kier molecular flexibility index (Phi) is 11.5. The molecule has 0 fully saturated rings. The molecule has 3 rings (SSSR count). The number of carbonyl (C=O) groups is 2. The first-order valence-electron chi connectivity index (χ1n) is 14.2. The van der Waals surface area contributed by atoms with Crippen LogP contribution in [-0.2, 0) is 32.6 Å². The van der Waals surface area contributed by atoms with Gasteiger partial charge in [0, 0.05) is 32.5 Å². The molecule has 0 aliphatic heterocycles. The number of hydrogen-bond acceptors (Lipinski definition) is 4. The van der Waals surface area contributed by atoms with Crippen molar-refractivity contribution in [2.75, 3.05) is 23.7 Å². The molecule has 0 aromatic heterocycles. The Morgan fingerprint density at radius 2 is 1.56 bits per heavy atom. The van der Waals surface area contributed by atoms with E-state index in [0.29, 0.717) is 25.1 Å². The van der Waals surface area contributed by atoms with Gasteiger partial charge in [-0.3, -0.25) is 13.9 Å². The van der Waals surface area contributed by atoms with E-state index in [4.69, 9.17) is 0 Å². The van der Waals surface area contributed by atoms with E-state index in [0.717, 1.165) is 34.2 Å². The number of sulfonamides is 1. The standard InChI is InChI=1S/C33H43N3O4S/c1-6-20-34-33(38)31(23-28-14-8-7-9-15-28)35(24-29-16-11-10-13-26(29)3)32(37)17-12-21-36(41(5,39)40)30-19-18-25(2)27(4)22-30/h7-11,13-16,18-19,22,31H,6,12,17,20-21,23-24H2,1-5H3,(H,34,38)/t31-/m0/s1. The molecular weight excluding hydrogens is 534 g/mol. The topological polar surface area (TPSA) is 86.8 Å². The first-order chi connectivity index (χ1) is 19.5. The Morgan fingerprint density at radius 3 is 2.20 bits per heavy atom. The Morgan fingerprint density at radius 1 is 0.878 bits per heavy atom. The number of amides is 2. The smallest absolute Gasteiger partial charge is 0.243 e. The average molecular weight is 578 g/mol. The molecule has 0 heterocycles. The number of benzene rings is 3. The van der Waals surface area contributed by atoms with Gasteiger partial charge in [-0.15, -0.1) is 0 Å². The molecule has 0 spiro atoms. The SMILES string of the molecule is CCCNC(=O)[C@H](Cc1ccccc1)N(Cc1ccccc1C)C(=O)CCCN(c1ccc(C)c(C)c1)S(C)(=O)=O. The number of nitrogens with zero attached hydrogens (tertiary/aromatic N) is 2. The van der Waals surface area contributed by atoms with E-state index in [1.807, 2.05) is 94.4 Å². The molecule has 0 aliphatic carbocycles. The molecule has 0 radical (unpaired) electrons. The van der Waals surface area contributed by atoms with E-state index < -0.39 is 16.1 Å². The summed E-state index contributed by atoms with van der Waals surface area (Å²) >= 11 is 0. The van der Waals surface area contributed by atoms with Gasteiger partial charge in [-0.1, -0.05) is 67.6 Å². The van der Waals surface area contributed by atoms with Gasteiger partial charge in [0.25, 0.3) is 0 Å². The maximum Gasteiger partial charge on any atom is 0.243 e. The van der Waals surface area contributed by atoms with Gasteiger partial charge >= 0.3 is 0 Å². The molecule has 8 heteroatoms. The van der Waals surface area contributed by atoms with Crippen LogP contribution in [0, 0.1) is 20.8 Å². The Balaban J connectivity index is 1.88. The lowest BCUT2D eigenvalue weighted by molar-refractivity contribution is -0.141. The Bertz CT molecular complexity index is 1420. The minimum atomic E-state index is -3.56. The lowest BCUT2D eigenvalue weighted by atomic mass is 10.0. The fourth-order valence-electron chi connectivity index (χ4n) is 4.78. The van der Waals surface area contributed by atoms with E-state index in [1.165, 1.54) is 10.6 Å². The molecule has 0 aliphatic rings. The maximum atomic E-state index is 13.9. The van der Waals surface area contributed by atoms with Crippen molar-refractivity contribution in [2.45, 2.75) is 66.0 Å². The van der Waals surface area contributed by atoms with Gasteiger partial charge in [0.1, 0.15) is 6.04 Å². The van der Waals surface area contributed by atoms with Crippen LogP contribution in [0.3, 0.4) is 0 Å². The van der Waals surface area contributed by atoms with Crippen LogP contribution in [0.2, 0.25) is 0 Å². The highest BCUT2D eigenvalue weighted by Gasteiger charge is 2.30. The molecular formula is C33H43N3O4S. The van der Waals surface area contributed by atoms with Crippen LogP contribution in [0.25, 0.3) is 0 Å². The molecule has 0 bridgehead atoms. The second-order valence-corrected chi connectivity index (χ2v) is 12.6. The monoisotopic (exact) mass is 577 g/mol. The third kappa shape index (κ3) is 9.18. The minimum Gasteiger partial charge on any atom is -0.354 e. The first kappa shape index (κ1) is 31.9. The molecule has 220 valence electrons. The third-order valence-electron chi connectivity index (χ3n) is 7.35. The summed E-state index contributed by atoms with van der Waals surface area (Å²) in [4.78, 5) is 29.1. The molecule has 3 aromatic carbocycles. The van der Waals surface area contributed by atoms with Crippen molar-refractivity contribution >= 4 is 27.5 Å². The average Bonchev–Trinajstić information content (AvgIpc) is 2.94. The predicted octanol–water partition coefficient (Wildman–Crippen LogP) is 5.32. The summed E-state index contributed by atoms with van der Waals surface area (Å²) in [7, 11) is -3.56. The molecule has 0 saturated heterocycles. The highest BCUT2D eigenvalue weighted by molar-refractivity contribution is 7.92. The number of hydrogen-bond donors (Lipinski definition) is 1. The Hall–Kier alpha value is -3.65. The lowest BCUT2D eigenvalue weighted by Gasteiger charge is -2.32. The molecule has 0 unspecified atom stereocenters. The highest BCUT2D eigenvalue weighted by Crippen LogP contribution is 2.23. The van der Waals surface area contributed by atoms with Crippen LogP contribution >= 0.6 is 0 Å². The van der Waals surface area contributed by atoms with Crippen LogP contribution < -0.4 is 9.62 Å². The lowest BCUT2D eigenvalue weighted by Crippen LogP contribution is -2.50. The number of rotatable bonds is 14. The quantitative estimate of drug-likeness (QED) is 0.281. The van der Waals surface area contributed by atoms with E-state index >= 15 is 0 Å². The fourth-order valence-corrected chi connectivity index (χ4v) is 5.73. The predicted molar refractivity (Wildman–Crippen MR) is 166 cm³/mol. The van der Waals surface area contributed by atoms with Crippen LogP contribution in [-0.4, -0.2) is 50.5 Å². The molecule has 0 saturated carbocycles. The fraction of sp³-hybridized carbons (Fsp3) is 0.394. The molecule has 41 heavy (non-hydrogen) atoms. The third-order valence-corrected chi connectivity index (χ3v) is 8.55. The van der Waals surface area contributed by atoms with E-state index in [2.05, 4.69) is 5.32 Å². The van der Waals surface area contributed by atoms with Crippen LogP contribution in [0.15, 0.2) is 72.8 Å². The highest BCUT2D eigenvalue weighted by atomic mass is 32.2. The molecule has 1 N–H and O–H groups in total. The van der Waals surface area contributed by atoms with E-state index in [-0.39, 0.29) is 31.3 Å². The van der Waals surface area contributed by atoms with E-state index in [1.54, 1.807) is 11.0 Å². The van der Waals surface area contributed by atoms with Gasteiger partial charge in [0.15, 0.2) is 0 Å². The Labute approximate surface area is 245 Å². The number of aryl methyl sites for hydroxylation is 3. The number of anilines is 1. The van der Waals surface area contributed by atoms with Gasteiger partial charge in [0.05, 0.1) is 11.9 Å². The number of carbonyl (C=O) groups excluding carboxylic acids is 2. The zero-order valence-electron chi connectivity index (χ0n) is 24.9. The summed E-state index contributed by atoms with van der Waals surface area (Å²) in [6, 6.07) is 22.4. The van der Waals surface area contributed by atoms with Crippen LogP contribution in [0.1, 0.15) is 54.0 Å². The summed E-state index contributed by atoms with van der Waals surface area (Å²) in [6.07, 6.45) is 2.77. The molecule has 1 atom stereocenters. The largest absolute Gasteiger partial charge is 0.354 e. The second-order valence-electron chi connectivity index (χ2n) is 10.7. The summed E-state index contributed by atoms with van der Waals surface area (Å²) in [5.74, 6) is -0.375. The zero-order valence-corrected chi connectivity index (χ0v) is 25.7. The van der Waals surface area contributed by atoms with Gasteiger partial charge in [-0.2, -0.15) is 0 Å². The van der Waals surface area contributed by atoms with Gasteiger partial charge < -0.3 is 10.2 Å². The van der Waals surface area contributed by atoms with Crippen molar-refractivity contribution < 1.29 is 18.0 Å². The van der Waals surface area contributed by atoms with Gasteiger partial charge in [-0.25, -0.2) is 8.42 Å². The summed E-state index contributed by atoms with van der Waals surface area (Å²) < 4.78 is 26.7. The normalized spacial score (nSPS) is 12.0. The van der Waals surface area contributed by atoms with Crippen molar-refractivity contribution in [2.24, 2.45) is 0 Å². The summed E-state index contributed by atoms with van der Waals surface area (Å²) in [5.41, 5.74) is 5.63. The number of nitrogens with one attached hydrogen (secondary N) is 1. The first-order valence-corrected chi connectivity index (χ1v) is 16.1. The summed E-state index contributed by atoms with van der Waals surface area (Å²) in [5, 5.41) is 2.99. The van der Waals surface area contributed by atoms with Crippen LogP contribution in [0.4, 0.5) is 5.69 Å². The molecule has 7 nitrogen and oxygen atoms in total. The van der Waals surface area contributed by atoms with Crippen molar-refractivity contribution in [1.29, 1.82) is 0 Å². The maximum absolute atomic E-state index is 13.9. The van der Waals surface area contributed by atoms with Crippen molar-refractivity contribution in [1.82, 2.24) is 10.2 Å².